The Hall–Kier alpha value is -2.07. The van der Waals surface area contributed by atoms with E-state index in [1.165, 1.54) is 6.07 Å². The molecule has 25 heavy (non-hydrogen) atoms. The van der Waals surface area contributed by atoms with E-state index in [4.69, 9.17) is 16.3 Å². The van der Waals surface area contributed by atoms with Crippen molar-refractivity contribution < 1.29 is 13.9 Å². The van der Waals surface area contributed by atoms with Crippen LogP contribution in [0.5, 0.6) is 5.75 Å². The summed E-state index contributed by atoms with van der Waals surface area (Å²) in [6.45, 7) is 5.99. The zero-order chi connectivity index (χ0) is 18.2. The molecule has 1 amide bonds. The van der Waals surface area contributed by atoms with Gasteiger partial charge in [0.15, 0.2) is 0 Å². The van der Waals surface area contributed by atoms with Crippen molar-refractivity contribution in [2.24, 2.45) is 0 Å². The molecule has 0 bridgehead atoms. The van der Waals surface area contributed by atoms with Gasteiger partial charge in [-0.1, -0.05) is 29.8 Å². The van der Waals surface area contributed by atoms with Crippen molar-refractivity contribution in [3.8, 4) is 5.75 Å². The zero-order valence-electron chi connectivity index (χ0n) is 14.5. The average molecular weight is 362 g/mol. The second-order valence-corrected chi connectivity index (χ2v) is 7.58. The molecule has 1 atom stereocenters. The topological polar surface area (TPSA) is 38.3 Å². The monoisotopic (exact) mass is 361 g/mol. The molecule has 0 fully saturated rings. The van der Waals surface area contributed by atoms with Crippen molar-refractivity contribution >= 4 is 17.5 Å². The smallest absolute Gasteiger partial charge is 0.225 e. The zero-order valence-corrected chi connectivity index (χ0v) is 15.3. The minimum atomic E-state index is -0.467. The highest BCUT2D eigenvalue weighted by Crippen LogP contribution is 2.39. The van der Waals surface area contributed by atoms with Crippen LogP contribution in [0.1, 0.15) is 43.0 Å². The summed E-state index contributed by atoms with van der Waals surface area (Å²) in [5.41, 5.74) is 2.00. The molecule has 2 aromatic carbocycles. The highest BCUT2D eigenvalue weighted by molar-refractivity contribution is 6.30. The van der Waals surface area contributed by atoms with E-state index in [2.05, 4.69) is 5.32 Å². The van der Waals surface area contributed by atoms with Gasteiger partial charge in [-0.05, 0) is 50.1 Å². The van der Waals surface area contributed by atoms with Crippen LogP contribution in [0.4, 0.5) is 4.39 Å². The lowest BCUT2D eigenvalue weighted by molar-refractivity contribution is -0.121. The Labute approximate surface area is 152 Å². The van der Waals surface area contributed by atoms with E-state index in [0.29, 0.717) is 17.0 Å². The summed E-state index contributed by atoms with van der Waals surface area (Å²) in [7, 11) is 0. The number of halogens is 2. The first-order valence-corrected chi connectivity index (χ1v) is 8.64. The van der Waals surface area contributed by atoms with Crippen LogP contribution >= 0.6 is 11.6 Å². The van der Waals surface area contributed by atoms with Gasteiger partial charge in [0.25, 0.3) is 0 Å². The number of carbonyl (C=O) groups excluding carboxylic acids is 1. The van der Waals surface area contributed by atoms with Crippen molar-refractivity contribution in [3.63, 3.8) is 0 Å². The van der Waals surface area contributed by atoms with Crippen LogP contribution in [0.3, 0.4) is 0 Å². The molecule has 0 saturated carbocycles. The quantitative estimate of drug-likeness (QED) is 0.856. The SMILES string of the molecule is Cc1ccc2c(c1)OC(C)(C)CC2NC(=O)Cc1ccc(Cl)cc1F. The summed E-state index contributed by atoms with van der Waals surface area (Å²) in [6, 6.07) is 10.1. The highest BCUT2D eigenvalue weighted by Gasteiger charge is 2.34. The van der Waals surface area contributed by atoms with Crippen molar-refractivity contribution in [1.29, 1.82) is 0 Å². The van der Waals surface area contributed by atoms with E-state index in [1.807, 2.05) is 39.0 Å². The third-order valence-corrected chi connectivity index (χ3v) is 4.56. The summed E-state index contributed by atoms with van der Waals surface area (Å²) in [6.07, 6.45) is 0.625. The number of ether oxygens (including phenoxy) is 1. The largest absolute Gasteiger partial charge is 0.487 e. The lowest BCUT2D eigenvalue weighted by Crippen LogP contribution is -2.41. The predicted octanol–water partition coefficient (Wildman–Crippen LogP) is 4.75. The van der Waals surface area contributed by atoms with Gasteiger partial charge in [-0.2, -0.15) is 0 Å². The van der Waals surface area contributed by atoms with E-state index >= 15 is 0 Å². The number of fused-ring (bicyclic) bond motifs is 1. The standard InChI is InChI=1S/C20H21ClFNO2/c1-12-4-7-15-17(11-20(2,3)25-18(15)8-12)23-19(24)9-13-5-6-14(21)10-16(13)22/h4-8,10,17H,9,11H2,1-3H3,(H,23,24). The highest BCUT2D eigenvalue weighted by atomic mass is 35.5. The molecule has 1 N–H and O–H groups in total. The van der Waals surface area contributed by atoms with Gasteiger partial charge in [0, 0.05) is 17.0 Å². The van der Waals surface area contributed by atoms with E-state index in [9.17, 15) is 9.18 Å². The first-order chi connectivity index (χ1) is 11.7. The molecule has 5 heteroatoms. The maximum absolute atomic E-state index is 13.9. The maximum Gasteiger partial charge on any atom is 0.225 e. The fourth-order valence-electron chi connectivity index (χ4n) is 3.17. The van der Waals surface area contributed by atoms with Gasteiger partial charge in [-0.15, -0.1) is 0 Å². The molecule has 0 saturated heterocycles. The summed E-state index contributed by atoms with van der Waals surface area (Å²) < 4.78 is 19.9. The predicted molar refractivity (Wildman–Crippen MR) is 96.5 cm³/mol. The van der Waals surface area contributed by atoms with Gasteiger partial charge in [0.1, 0.15) is 17.2 Å². The number of nitrogens with one attached hydrogen (secondary N) is 1. The van der Waals surface area contributed by atoms with Crippen molar-refractivity contribution in [3.05, 3.63) is 63.9 Å². The van der Waals surface area contributed by atoms with Gasteiger partial charge in [0.05, 0.1) is 12.5 Å². The van der Waals surface area contributed by atoms with Gasteiger partial charge >= 0.3 is 0 Å². The van der Waals surface area contributed by atoms with E-state index < -0.39 is 5.82 Å². The van der Waals surface area contributed by atoms with Gasteiger partial charge in [0.2, 0.25) is 5.91 Å². The molecular weight excluding hydrogens is 341 g/mol. The molecule has 0 spiro atoms. The molecule has 1 aliphatic heterocycles. The summed E-state index contributed by atoms with van der Waals surface area (Å²) >= 11 is 5.76. The van der Waals surface area contributed by atoms with Crippen LogP contribution in [0, 0.1) is 12.7 Å². The summed E-state index contributed by atoms with van der Waals surface area (Å²) in [4.78, 5) is 12.5. The van der Waals surface area contributed by atoms with E-state index in [0.717, 1.165) is 16.9 Å². The molecule has 1 heterocycles. The number of carbonyl (C=O) groups is 1. The Bertz CT molecular complexity index is 819. The molecular formula is C20H21ClFNO2. The van der Waals surface area contributed by atoms with Crippen LogP contribution in [0.2, 0.25) is 5.02 Å². The average Bonchev–Trinajstić information content (AvgIpc) is 2.48. The normalized spacial score (nSPS) is 18.2. The molecule has 3 nitrogen and oxygen atoms in total. The first-order valence-electron chi connectivity index (χ1n) is 8.26. The van der Waals surface area contributed by atoms with Crippen LogP contribution in [0.25, 0.3) is 0 Å². The third kappa shape index (κ3) is 4.13. The van der Waals surface area contributed by atoms with Crippen LogP contribution in [0.15, 0.2) is 36.4 Å². The molecule has 3 rings (SSSR count). The fraction of sp³-hybridized carbons (Fsp3) is 0.350. The summed E-state index contributed by atoms with van der Waals surface area (Å²) in [5.74, 6) is 0.0978. The maximum atomic E-state index is 13.9. The number of hydrogen-bond acceptors (Lipinski definition) is 2. The Morgan fingerprint density at radius 1 is 1.32 bits per heavy atom. The van der Waals surface area contributed by atoms with Gasteiger partial charge in [-0.25, -0.2) is 4.39 Å². The van der Waals surface area contributed by atoms with Gasteiger partial charge in [-0.3, -0.25) is 4.79 Å². The second kappa shape index (κ2) is 6.68. The van der Waals surface area contributed by atoms with E-state index in [-0.39, 0.29) is 24.0 Å². The van der Waals surface area contributed by atoms with Gasteiger partial charge < -0.3 is 10.1 Å². The Kier molecular flexibility index (Phi) is 4.74. The minimum Gasteiger partial charge on any atom is -0.487 e. The molecule has 132 valence electrons. The fourth-order valence-corrected chi connectivity index (χ4v) is 3.33. The molecule has 0 aliphatic carbocycles. The lowest BCUT2D eigenvalue weighted by Gasteiger charge is -2.38. The van der Waals surface area contributed by atoms with Crippen LogP contribution < -0.4 is 10.1 Å². The minimum absolute atomic E-state index is 0.0258. The molecule has 1 unspecified atom stereocenters. The van der Waals surface area contributed by atoms with Crippen molar-refractivity contribution in [2.75, 3.05) is 0 Å². The van der Waals surface area contributed by atoms with E-state index in [1.54, 1.807) is 12.1 Å². The third-order valence-electron chi connectivity index (χ3n) is 4.33. The molecule has 2 aromatic rings. The number of amides is 1. The van der Waals surface area contributed by atoms with Crippen LogP contribution in [-0.2, 0) is 11.2 Å². The Morgan fingerprint density at radius 3 is 2.80 bits per heavy atom. The second-order valence-electron chi connectivity index (χ2n) is 7.14. The Balaban J connectivity index is 1.79. The molecule has 0 radical (unpaired) electrons. The number of aryl methyl sites for hydroxylation is 1. The van der Waals surface area contributed by atoms with Crippen molar-refractivity contribution in [1.82, 2.24) is 5.32 Å². The lowest BCUT2D eigenvalue weighted by atomic mass is 9.89. The number of hydrogen-bond donors (Lipinski definition) is 1. The Morgan fingerprint density at radius 2 is 2.08 bits per heavy atom. The first kappa shape index (κ1) is 17.7. The van der Waals surface area contributed by atoms with Crippen LogP contribution in [-0.4, -0.2) is 11.5 Å². The van der Waals surface area contributed by atoms with Crippen molar-refractivity contribution in [2.45, 2.75) is 45.3 Å². The number of benzene rings is 2. The number of rotatable bonds is 3. The molecule has 1 aliphatic rings. The molecule has 0 aromatic heterocycles. The summed E-state index contributed by atoms with van der Waals surface area (Å²) in [5, 5.41) is 3.34.